The first-order valence-electron chi connectivity index (χ1n) is 5.54. The SMILES string of the molecule is COC(=O)c1ccnc2c1C(=O)CC(C)(C)C2. The van der Waals surface area contributed by atoms with Crippen LogP contribution >= 0.6 is 0 Å². The molecule has 2 rings (SSSR count). The minimum absolute atomic E-state index is 0.0234. The van der Waals surface area contributed by atoms with E-state index in [1.165, 1.54) is 7.11 Å². The van der Waals surface area contributed by atoms with Crippen molar-refractivity contribution >= 4 is 11.8 Å². The third kappa shape index (κ3) is 2.07. The summed E-state index contributed by atoms with van der Waals surface area (Å²) in [4.78, 5) is 27.9. The second-order valence-corrected chi connectivity index (χ2v) is 5.11. The van der Waals surface area contributed by atoms with Gasteiger partial charge in [-0.3, -0.25) is 9.78 Å². The molecule has 0 spiro atoms. The number of methoxy groups -OCH3 is 1. The summed E-state index contributed by atoms with van der Waals surface area (Å²) in [6.07, 6.45) is 2.70. The molecule has 1 aromatic rings. The lowest BCUT2D eigenvalue weighted by Gasteiger charge is -2.29. The highest BCUT2D eigenvalue weighted by atomic mass is 16.5. The maximum Gasteiger partial charge on any atom is 0.338 e. The van der Waals surface area contributed by atoms with Crippen LogP contribution in [0.2, 0.25) is 0 Å². The zero-order chi connectivity index (χ0) is 12.6. The van der Waals surface area contributed by atoms with Gasteiger partial charge in [0.2, 0.25) is 0 Å². The third-order valence-corrected chi connectivity index (χ3v) is 3.00. The average Bonchev–Trinajstić information content (AvgIpc) is 2.25. The Balaban J connectivity index is 2.56. The predicted octanol–water partition coefficient (Wildman–Crippen LogP) is 2.02. The van der Waals surface area contributed by atoms with Gasteiger partial charge in [0.25, 0.3) is 0 Å². The number of hydrogen-bond acceptors (Lipinski definition) is 4. The van der Waals surface area contributed by atoms with Gasteiger partial charge in [-0.1, -0.05) is 13.8 Å². The van der Waals surface area contributed by atoms with Crippen LogP contribution in [0, 0.1) is 5.41 Å². The molecule has 1 aromatic heterocycles. The number of fused-ring (bicyclic) bond motifs is 1. The molecule has 0 fully saturated rings. The second kappa shape index (κ2) is 3.95. The third-order valence-electron chi connectivity index (χ3n) is 3.00. The van der Waals surface area contributed by atoms with Crippen molar-refractivity contribution in [1.29, 1.82) is 0 Å². The van der Waals surface area contributed by atoms with Crippen LogP contribution in [0.4, 0.5) is 0 Å². The van der Waals surface area contributed by atoms with Gasteiger partial charge in [-0.2, -0.15) is 0 Å². The first-order chi connectivity index (χ1) is 7.94. The molecule has 0 N–H and O–H groups in total. The highest BCUT2D eigenvalue weighted by Crippen LogP contribution is 2.34. The Morgan fingerprint density at radius 1 is 1.41 bits per heavy atom. The highest BCUT2D eigenvalue weighted by molar-refractivity contribution is 6.07. The van der Waals surface area contributed by atoms with Crippen LogP contribution in [0.25, 0.3) is 0 Å². The number of nitrogens with zero attached hydrogens (tertiary/aromatic N) is 1. The fraction of sp³-hybridized carbons (Fsp3) is 0.462. The summed E-state index contributed by atoms with van der Waals surface area (Å²) in [6.45, 7) is 4.06. The average molecular weight is 233 g/mol. The first kappa shape index (κ1) is 11.8. The van der Waals surface area contributed by atoms with E-state index in [4.69, 9.17) is 0 Å². The van der Waals surface area contributed by atoms with Crippen molar-refractivity contribution in [2.24, 2.45) is 5.41 Å². The van der Waals surface area contributed by atoms with Crippen molar-refractivity contribution in [3.63, 3.8) is 0 Å². The Labute approximate surface area is 100 Å². The van der Waals surface area contributed by atoms with Crippen LogP contribution in [-0.4, -0.2) is 23.8 Å². The molecular weight excluding hydrogens is 218 g/mol. The van der Waals surface area contributed by atoms with Gasteiger partial charge in [0.15, 0.2) is 5.78 Å². The Morgan fingerprint density at radius 2 is 2.12 bits per heavy atom. The van der Waals surface area contributed by atoms with Crippen molar-refractivity contribution in [3.8, 4) is 0 Å². The Kier molecular flexibility index (Phi) is 2.73. The monoisotopic (exact) mass is 233 g/mol. The molecule has 0 saturated carbocycles. The molecule has 0 unspecified atom stereocenters. The van der Waals surface area contributed by atoms with Crippen molar-refractivity contribution < 1.29 is 14.3 Å². The van der Waals surface area contributed by atoms with Gasteiger partial charge in [-0.05, 0) is 17.9 Å². The molecular formula is C13H15NO3. The number of ether oxygens (including phenoxy) is 1. The molecule has 0 atom stereocenters. The number of carbonyl (C=O) groups excluding carboxylic acids is 2. The van der Waals surface area contributed by atoms with Gasteiger partial charge < -0.3 is 4.74 Å². The molecule has 17 heavy (non-hydrogen) atoms. The van der Waals surface area contributed by atoms with Crippen molar-refractivity contribution in [2.75, 3.05) is 7.11 Å². The lowest BCUT2D eigenvalue weighted by Crippen LogP contribution is -2.29. The van der Waals surface area contributed by atoms with E-state index >= 15 is 0 Å². The summed E-state index contributed by atoms with van der Waals surface area (Å²) in [5.41, 5.74) is 1.39. The van der Waals surface area contributed by atoms with E-state index in [0.29, 0.717) is 29.7 Å². The molecule has 90 valence electrons. The maximum atomic E-state index is 12.1. The van der Waals surface area contributed by atoms with Crippen LogP contribution in [-0.2, 0) is 11.2 Å². The molecule has 1 heterocycles. The van der Waals surface area contributed by atoms with E-state index in [9.17, 15) is 9.59 Å². The van der Waals surface area contributed by atoms with E-state index in [-0.39, 0.29) is 11.2 Å². The Hall–Kier alpha value is -1.71. The number of pyridine rings is 1. The number of carbonyl (C=O) groups is 2. The molecule has 4 heteroatoms. The summed E-state index contributed by atoms with van der Waals surface area (Å²) in [5, 5.41) is 0. The van der Waals surface area contributed by atoms with Gasteiger partial charge in [-0.25, -0.2) is 4.79 Å². The largest absolute Gasteiger partial charge is 0.465 e. The van der Waals surface area contributed by atoms with Gasteiger partial charge in [0.1, 0.15) is 0 Å². The number of ketones is 1. The van der Waals surface area contributed by atoms with Gasteiger partial charge in [-0.15, -0.1) is 0 Å². The van der Waals surface area contributed by atoms with Crippen molar-refractivity contribution in [3.05, 3.63) is 29.1 Å². The minimum Gasteiger partial charge on any atom is -0.465 e. The fourth-order valence-electron chi connectivity index (χ4n) is 2.27. The zero-order valence-corrected chi connectivity index (χ0v) is 10.2. The molecule has 0 bridgehead atoms. The zero-order valence-electron chi connectivity index (χ0n) is 10.2. The molecule has 1 aliphatic carbocycles. The number of rotatable bonds is 1. The highest BCUT2D eigenvalue weighted by Gasteiger charge is 2.34. The molecule has 4 nitrogen and oxygen atoms in total. The molecule has 0 aromatic carbocycles. The normalized spacial score (nSPS) is 17.5. The van der Waals surface area contributed by atoms with E-state index in [1.807, 2.05) is 13.8 Å². The fourth-order valence-corrected chi connectivity index (χ4v) is 2.27. The Bertz CT molecular complexity index is 491. The lowest BCUT2D eigenvalue weighted by atomic mass is 9.74. The maximum absolute atomic E-state index is 12.1. The number of aromatic nitrogens is 1. The molecule has 0 saturated heterocycles. The summed E-state index contributed by atoms with van der Waals surface area (Å²) in [5.74, 6) is -0.499. The number of hydrogen-bond donors (Lipinski definition) is 0. The van der Waals surface area contributed by atoms with Crippen molar-refractivity contribution in [1.82, 2.24) is 4.98 Å². The number of Topliss-reactive ketones (excluding diaryl/α,β-unsaturated/α-hetero) is 1. The first-order valence-corrected chi connectivity index (χ1v) is 5.54. The standard InChI is InChI=1S/C13H15NO3/c1-13(2)6-9-11(10(15)7-13)8(4-5-14-9)12(16)17-3/h4-5H,6-7H2,1-3H3. The van der Waals surface area contributed by atoms with Crippen LogP contribution in [0.5, 0.6) is 0 Å². The summed E-state index contributed by atoms with van der Waals surface area (Å²) in [7, 11) is 1.31. The van der Waals surface area contributed by atoms with Gasteiger partial charge in [0.05, 0.1) is 23.9 Å². The molecule has 0 amide bonds. The molecule has 0 aliphatic heterocycles. The smallest absolute Gasteiger partial charge is 0.338 e. The minimum atomic E-state index is -0.475. The van der Waals surface area contributed by atoms with Crippen molar-refractivity contribution in [2.45, 2.75) is 26.7 Å². The second-order valence-electron chi connectivity index (χ2n) is 5.11. The summed E-state index contributed by atoms with van der Waals surface area (Å²) in [6, 6.07) is 1.54. The number of esters is 1. The lowest BCUT2D eigenvalue weighted by molar-refractivity contribution is 0.0594. The topological polar surface area (TPSA) is 56.3 Å². The van der Waals surface area contributed by atoms with E-state index < -0.39 is 5.97 Å². The van der Waals surface area contributed by atoms with E-state index in [2.05, 4.69) is 9.72 Å². The van der Waals surface area contributed by atoms with E-state index in [1.54, 1.807) is 12.3 Å². The summed E-state index contributed by atoms with van der Waals surface area (Å²) >= 11 is 0. The molecule has 1 aliphatic rings. The van der Waals surface area contributed by atoms with Gasteiger partial charge in [0, 0.05) is 12.6 Å². The Morgan fingerprint density at radius 3 is 2.76 bits per heavy atom. The summed E-state index contributed by atoms with van der Waals surface area (Å²) < 4.78 is 4.68. The van der Waals surface area contributed by atoms with Crippen LogP contribution in [0.3, 0.4) is 0 Å². The van der Waals surface area contributed by atoms with E-state index in [0.717, 1.165) is 0 Å². The molecule has 0 radical (unpaired) electrons. The van der Waals surface area contributed by atoms with Crippen LogP contribution < -0.4 is 0 Å². The van der Waals surface area contributed by atoms with Crippen LogP contribution in [0.15, 0.2) is 12.3 Å². The predicted molar refractivity (Wildman–Crippen MR) is 62.0 cm³/mol. The van der Waals surface area contributed by atoms with Gasteiger partial charge >= 0.3 is 5.97 Å². The van der Waals surface area contributed by atoms with Crippen LogP contribution in [0.1, 0.15) is 46.7 Å². The quantitative estimate of drug-likeness (QED) is 0.696.